The molecule has 0 aliphatic carbocycles. The van der Waals surface area contributed by atoms with Crippen LogP contribution in [0.4, 0.5) is 14.5 Å². The number of nitrogens with zero attached hydrogens (tertiary/aromatic N) is 3. The van der Waals surface area contributed by atoms with E-state index in [1.165, 1.54) is 5.01 Å². The number of unbranched alkanes of at least 4 members (excludes halogenated alkanes) is 1. The molecule has 1 aliphatic heterocycles. The Morgan fingerprint density at radius 3 is 2.87 bits per heavy atom. The molecule has 10 heteroatoms. The van der Waals surface area contributed by atoms with E-state index in [1.54, 1.807) is 30.5 Å². The molecular weight excluding hydrogens is 535 g/mol. The molecule has 0 radical (unpaired) electrons. The first-order valence-corrected chi connectivity index (χ1v) is 11.1. The Kier molecular flexibility index (Phi) is 10.7. The van der Waals surface area contributed by atoms with E-state index in [4.69, 9.17) is 0 Å². The fourth-order valence-electron chi connectivity index (χ4n) is 3.52. The van der Waals surface area contributed by atoms with Crippen molar-refractivity contribution in [2.45, 2.75) is 45.3 Å². The summed E-state index contributed by atoms with van der Waals surface area (Å²) in [5, 5.41) is 10.1. The van der Waals surface area contributed by atoms with Gasteiger partial charge in [0.15, 0.2) is 5.96 Å². The van der Waals surface area contributed by atoms with Crippen LogP contribution >= 0.6 is 35.3 Å². The minimum atomic E-state index is -2.83. The van der Waals surface area contributed by atoms with Crippen molar-refractivity contribution in [1.29, 1.82) is 0 Å². The SMILES string of the molecule is CN=C(NCCCCc1nc(C)cs1)NC1CCN(c2ccccc2OC(F)F)C1.I. The molecule has 1 saturated heterocycles. The molecular formula is C21H30F2IN5OS. The number of anilines is 1. The third-order valence-electron chi connectivity index (χ3n) is 4.95. The largest absolute Gasteiger partial charge is 0.433 e. The molecule has 0 saturated carbocycles. The van der Waals surface area contributed by atoms with E-state index in [1.807, 2.05) is 19.1 Å². The number of guanidine groups is 1. The molecule has 1 aliphatic rings. The first kappa shape index (κ1) is 25.6. The summed E-state index contributed by atoms with van der Waals surface area (Å²) in [6.45, 7) is 1.50. The molecule has 1 fully saturated rings. The minimum absolute atomic E-state index is 0. The fourth-order valence-corrected chi connectivity index (χ4v) is 4.34. The maximum Gasteiger partial charge on any atom is 0.387 e. The summed E-state index contributed by atoms with van der Waals surface area (Å²) >= 11 is 1.72. The van der Waals surface area contributed by atoms with Crippen LogP contribution in [0.2, 0.25) is 0 Å². The Hall–Kier alpha value is -1.69. The summed E-state index contributed by atoms with van der Waals surface area (Å²) in [5.74, 6) is 0.982. The van der Waals surface area contributed by atoms with E-state index in [9.17, 15) is 8.78 Å². The first-order chi connectivity index (χ1) is 14.5. The van der Waals surface area contributed by atoms with Crippen LogP contribution in [0.15, 0.2) is 34.6 Å². The van der Waals surface area contributed by atoms with Gasteiger partial charge in [0.05, 0.1) is 10.7 Å². The molecule has 31 heavy (non-hydrogen) atoms. The number of ether oxygens (including phenoxy) is 1. The lowest BCUT2D eigenvalue weighted by Gasteiger charge is -2.22. The van der Waals surface area contributed by atoms with Gasteiger partial charge in [0.2, 0.25) is 0 Å². The second kappa shape index (κ2) is 13.0. The third-order valence-corrected chi connectivity index (χ3v) is 5.98. The highest BCUT2D eigenvalue weighted by molar-refractivity contribution is 14.0. The Balaban J connectivity index is 0.00000341. The molecule has 1 aromatic carbocycles. The van der Waals surface area contributed by atoms with Gasteiger partial charge >= 0.3 is 6.61 Å². The van der Waals surface area contributed by atoms with Gasteiger partial charge in [-0.15, -0.1) is 35.3 Å². The van der Waals surface area contributed by atoms with Crippen molar-refractivity contribution in [1.82, 2.24) is 15.6 Å². The summed E-state index contributed by atoms with van der Waals surface area (Å²) in [5.41, 5.74) is 1.79. The molecule has 172 valence electrons. The number of alkyl halides is 2. The highest BCUT2D eigenvalue weighted by atomic mass is 127. The molecule has 2 aromatic rings. The molecule has 6 nitrogen and oxygen atoms in total. The van der Waals surface area contributed by atoms with Gasteiger partial charge in [-0.3, -0.25) is 4.99 Å². The molecule has 2 N–H and O–H groups in total. The lowest BCUT2D eigenvalue weighted by molar-refractivity contribution is -0.0495. The van der Waals surface area contributed by atoms with Crippen molar-refractivity contribution in [2.75, 3.05) is 31.6 Å². The zero-order chi connectivity index (χ0) is 21.3. The van der Waals surface area contributed by atoms with Crippen LogP contribution in [0.25, 0.3) is 0 Å². The molecule has 1 atom stereocenters. The molecule has 1 aromatic heterocycles. The van der Waals surface area contributed by atoms with Crippen LogP contribution < -0.4 is 20.3 Å². The van der Waals surface area contributed by atoms with E-state index in [0.29, 0.717) is 12.2 Å². The predicted molar refractivity (Wildman–Crippen MR) is 133 cm³/mol. The lowest BCUT2D eigenvalue weighted by atomic mass is 10.2. The maximum absolute atomic E-state index is 12.7. The van der Waals surface area contributed by atoms with Gasteiger partial charge < -0.3 is 20.3 Å². The maximum atomic E-state index is 12.7. The van der Waals surface area contributed by atoms with Gasteiger partial charge in [-0.05, 0) is 44.7 Å². The van der Waals surface area contributed by atoms with Crippen molar-refractivity contribution in [3.05, 3.63) is 40.3 Å². The normalized spacial score (nSPS) is 16.4. The Labute approximate surface area is 203 Å². The summed E-state index contributed by atoms with van der Waals surface area (Å²) in [6.07, 6.45) is 4.01. The van der Waals surface area contributed by atoms with E-state index in [-0.39, 0.29) is 35.8 Å². The topological polar surface area (TPSA) is 61.8 Å². The molecule has 0 spiro atoms. The number of hydrogen-bond donors (Lipinski definition) is 2. The lowest BCUT2D eigenvalue weighted by Crippen LogP contribution is -2.44. The van der Waals surface area contributed by atoms with Crippen LogP contribution in [0.5, 0.6) is 5.75 Å². The number of halogens is 3. The molecule has 0 bridgehead atoms. The first-order valence-electron chi connectivity index (χ1n) is 10.2. The molecule has 2 heterocycles. The number of aromatic nitrogens is 1. The molecule has 0 amide bonds. The Bertz CT molecular complexity index is 836. The van der Waals surface area contributed by atoms with Crippen molar-refractivity contribution in [3.8, 4) is 5.75 Å². The van der Waals surface area contributed by atoms with Gasteiger partial charge in [-0.1, -0.05) is 12.1 Å². The fraction of sp³-hybridized carbons (Fsp3) is 0.524. The number of nitrogens with one attached hydrogen (secondary N) is 2. The smallest absolute Gasteiger partial charge is 0.387 e. The number of aryl methyl sites for hydroxylation is 2. The van der Waals surface area contributed by atoms with Crippen molar-refractivity contribution in [2.24, 2.45) is 4.99 Å². The van der Waals surface area contributed by atoms with E-state index in [2.05, 4.69) is 35.6 Å². The average molecular weight is 565 g/mol. The van der Waals surface area contributed by atoms with Gasteiger partial charge in [0.25, 0.3) is 0 Å². The number of hydrogen-bond acceptors (Lipinski definition) is 5. The summed E-state index contributed by atoms with van der Waals surface area (Å²) in [6, 6.07) is 7.12. The van der Waals surface area contributed by atoms with E-state index >= 15 is 0 Å². The van der Waals surface area contributed by atoms with E-state index in [0.717, 1.165) is 50.4 Å². The number of benzene rings is 1. The van der Waals surface area contributed by atoms with Crippen LogP contribution in [0.3, 0.4) is 0 Å². The second-order valence-electron chi connectivity index (χ2n) is 7.26. The van der Waals surface area contributed by atoms with Gasteiger partial charge in [-0.2, -0.15) is 8.78 Å². The highest BCUT2D eigenvalue weighted by Crippen LogP contribution is 2.31. The minimum Gasteiger partial charge on any atom is -0.433 e. The monoisotopic (exact) mass is 565 g/mol. The summed E-state index contributed by atoms with van der Waals surface area (Å²) in [4.78, 5) is 10.9. The standard InChI is InChI=1S/C21H29F2N5OS.HI/c1-15-14-30-19(26-15)9-5-6-11-25-21(24-2)27-16-10-12-28(13-16)17-7-3-4-8-18(17)29-20(22)23;/h3-4,7-8,14,16,20H,5-6,9-13H2,1-2H3,(H2,24,25,27);1H. The quantitative estimate of drug-likeness (QED) is 0.204. The van der Waals surface area contributed by atoms with Crippen molar-refractivity contribution >= 4 is 47.0 Å². The number of para-hydroxylation sites is 2. The van der Waals surface area contributed by atoms with Gasteiger partial charge in [0.1, 0.15) is 5.75 Å². The zero-order valence-electron chi connectivity index (χ0n) is 17.8. The zero-order valence-corrected chi connectivity index (χ0v) is 21.0. The summed E-state index contributed by atoms with van der Waals surface area (Å²) < 4.78 is 30.0. The van der Waals surface area contributed by atoms with Crippen molar-refractivity contribution in [3.63, 3.8) is 0 Å². The average Bonchev–Trinajstić information content (AvgIpc) is 3.35. The van der Waals surface area contributed by atoms with Crippen LogP contribution in [0.1, 0.15) is 30.0 Å². The van der Waals surface area contributed by atoms with Crippen LogP contribution in [0, 0.1) is 6.92 Å². The van der Waals surface area contributed by atoms with Crippen LogP contribution in [-0.4, -0.2) is 50.3 Å². The van der Waals surface area contributed by atoms with Gasteiger partial charge in [0, 0.05) is 43.8 Å². The molecule has 3 rings (SSSR count). The summed E-state index contributed by atoms with van der Waals surface area (Å²) in [7, 11) is 1.76. The van der Waals surface area contributed by atoms with Gasteiger partial charge in [-0.25, -0.2) is 4.98 Å². The van der Waals surface area contributed by atoms with E-state index < -0.39 is 6.61 Å². The number of rotatable bonds is 9. The predicted octanol–water partition coefficient (Wildman–Crippen LogP) is 4.44. The Morgan fingerprint density at radius 1 is 1.35 bits per heavy atom. The van der Waals surface area contributed by atoms with Crippen LogP contribution in [-0.2, 0) is 6.42 Å². The number of thiazole rings is 1. The Morgan fingerprint density at radius 2 is 2.16 bits per heavy atom. The second-order valence-corrected chi connectivity index (χ2v) is 8.20. The number of aliphatic imine (C=N–C) groups is 1. The third kappa shape index (κ3) is 8.06. The highest BCUT2D eigenvalue weighted by Gasteiger charge is 2.25. The molecule has 1 unspecified atom stereocenters. The van der Waals surface area contributed by atoms with Crippen molar-refractivity contribution < 1.29 is 13.5 Å².